The minimum Gasteiger partial charge on any atom is -0.406 e. The molecule has 3 aromatic rings. The third-order valence-electron chi connectivity index (χ3n) is 3.89. The second kappa shape index (κ2) is 7.19. The summed E-state index contributed by atoms with van der Waals surface area (Å²) in [6, 6.07) is 7.42. The molecule has 1 aromatic heterocycles. The smallest absolute Gasteiger partial charge is 0.406 e. The fourth-order valence-corrected chi connectivity index (χ4v) is 4.09. The number of thiophene rings is 1. The molecular weight excluding hydrogens is 420 g/mol. The molecular formula is C18H12F4O4S2. The topological polar surface area (TPSA) is 63.6 Å². The average Bonchev–Trinajstić information content (AvgIpc) is 3.04. The quantitative estimate of drug-likeness (QED) is 0.426. The van der Waals surface area contributed by atoms with Crippen molar-refractivity contribution in [3.63, 3.8) is 0 Å². The molecule has 0 aliphatic heterocycles. The van der Waals surface area contributed by atoms with Gasteiger partial charge in [-0.1, -0.05) is 12.1 Å². The molecule has 2 aromatic carbocycles. The van der Waals surface area contributed by atoms with E-state index in [9.17, 15) is 26.0 Å². The van der Waals surface area contributed by atoms with Crippen molar-refractivity contribution in [2.45, 2.75) is 18.2 Å². The van der Waals surface area contributed by atoms with E-state index in [2.05, 4.69) is 4.74 Å². The summed E-state index contributed by atoms with van der Waals surface area (Å²) in [4.78, 5) is -0.836. The molecule has 0 aliphatic rings. The monoisotopic (exact) mass is 432 g/mol. The normalized spacial score (nSPS) is 12.2. The van der Waals surface area contributed by atoms with E-state index in [1.807, 2.05) is 0 Å². The van der Waals surface area contributed by atoms with Crippen molar-refractivity contribution < 1.29 is 35.3 Å². The van der Waals surface area contributed by atoms with Gasteiger partial charge in [0.05, 0.1) is 0 Å². The molecule has 148 valence electrons. The van der Waals surface area contributed by atoms with Crippen LogP contribution < -0.4 is 4.74 Å². The molecule has 0 saturated carbocycles. The number of benzene rings is 2. The minimum absolute atomic E-state index is 0.264. The highest BCUT2D eigenvalue weighted by atomic mass is 32.2. The first-order valence-corrected chi connectivity index (χ1v) is 10.0. The molecule has 0 atom stereocenters. The van der Waals surface area contributed by atoms with Crippen LogP contribution in [0.1, 0.15) is 5.56 Å². The van der Waals surface area contributed by atoms with Gasteiger partial charge in [0.15, 0.2) is 0 Å². The largest absolute Gasteiger partial charge is 0.573 e. The van der Waals surface area contributed by atoms with Crippen LogP contribution in [0.3, 0.4) is 0 Å². The van der Waals surface area contributed by atoms with Gasteiger partial charge in [0, 0.05) is 11.1 Å². The van der Waals surface area contributed by atoms with E-state index in [0.717, 1.165) is 12.1 Å². The Kier molecular flexibility index (Phi) is 5.22. The average molecular weight is 432 g/mol. The number of alkyl halides is 3. The van der Waals surface area contributed by atoms with Gasteiger partial charge < -0.3 is 4.74 Å². The van der Waals surface area contributed by atoms with Gasteiger partial charge in [0.2, 0.25) is 0 Å². The van der Waals surface area contributed by atoms with Gasteiger partial charge in [-0.05, 0) is 58.6 Å². The molecule has 0 aliphatic carbocycles. The van der Waals surface area contributed by atoms with E-state index >= 15 is 0 Å². The van der Waals surface area contributed by atoms with Gasteiger partial charge in [-0.25, -0.2) is 4.39 Å². The predicted molar refractivity (Wildman–Crippen MR) is 96.4 cm³/mol. The predicted octanol–water partition coefficient (Wildman–Crippen LogP) is 5.67. The van der Waals surface area contributed by atoms with Crippen molar-refractivity contribution in [2.75, 3.05) is 0 Å². The number of halogens is 4. The van der Waals surface area contributed by atoms with E-state index in [4.69, 9.17) is 4.55 Å². The van der Waals surface area contributed by atoms with Gasteiger partial charge in [-0.2, -0.15) is 19.8 Å². The second-order valence-electron chi connectivity index (χ2n) is 5.85. The van der Waals surface area contributed by atoms with E-state index in [-0.39, 0.29) is 11.3 Å². The summed E-state index contributed by atoms with van der Waals surface area (Å²) >= 11 is 1.29. The number of hydrogen-bond acceptors (Lipinski definition) is 4. The Morgan fingerprint density at radius 1 is 1.00 bits per heavy atom. The van der Waals surface area contributed by atoms with Crippen LogP contribution in [-0.4, -0.2) is 19.3 Å². The molecule has 10 heteroatoms. The van der Waals surface area contributed by atoms with Crippen LogP contribution in [0, 0.1) is 12.7 Å². The highest BCUT2D eigenvalue weighted by Crippen LogP contribution is 2.38. The molecule has 0 saturated heterocycles. The van der Waals surface area contributed by atoms with Crippen molar-refractivity contribution in [1.82, 2.24) is 0 Å². The molecule has 0 fully saturated rings. The fraction of sp³-hybridized carbons (Fsp3) is 0.111. The Balaban J connectivity index is 2.01. The highest BCUT2D eigenvalue weighted by molar-refractivity contribution is 7.85. The van der Waals surface area contributed by atoms with Gasteiger partial charge >= 0.3 is 6.36 Å². The molecule has 0 unspecified atom stereocenters. The fourth-order valence-electron chi connectivity index (χ4n) is 2.68. The zero-order valence-electron chi connectivity index (χ0n) is 14.1. The first kappa shape index (κ1) is 20.3. The lowest BCUT2D eigenvalue weighted by atomic mass is 9.98. The van der Waals surface area contributed by atoms with Crippen molar-refractivity contribution in [1.29, 1.82) is 0 Å². The van der Waals surface area contributed by atoms with Crippen LogP contribution in [0.4, 0.5) is 17.6 Å². The van der Waals surface area contributed by atoms with Gasteiger partial charge in [0.25, 0.3) is 10.1 Å². The van der Waals surface area contributed by atoms with Crippen molar-refractivity contribution >= 4 is 21.5 Å². The van der Waals surface area contributed by atoms with Crippen LogP contribution in [0.15, 0.2) is 52.1 Å². The SMILES string of the molecule is Cc1cc(-c2cscc2-c2ccc(S(=O)(=O)O)c(F)c2)ccc1OC(F)(F)F. The molecule has 0 amide bonds. The molecule has 0 bridgehead atoms. The molecule has 0 radical (unpaired) electrons. The molecule has 0 spiro atoms. The number of rotatable bonds is 4. The van der Waals surface area contributed by atoms with Crippen molar-refractivity contribution in [3.8, 4) is 28.0 Å². The van der Waals surface area contributed by atoms with Crippen LogP contribution in [-0.2, 0) is 10.1 Å². The Bertz CT molecular complexity index is 1130. The first-order chi connectivity index (χ1) is 13.0. The zero-order chi connectivity index (χ0) is 20.7. The van der Waals surface area contributed by atoms with Crippen LogP contribution in [0.5, 0.6) is 5.75 Å². The summed E-state index contributed by atoms with van der Waals surface area (Å²) in [5, 5.41) is 3.44. The van der Waals surface area contributed by atoms with E-state index < -0.39 is 27.2 Å². The summed E-state index contributed by atoms with van der Waals surface area (Å²) < 4.78 is 86.6. The second-order valence-corrected chi connectivity index (χ2v) is 7.98. The maximum Gasteiger partial charge on any atom is 0.573 e. The van der Waals surface area contributed by atoms with Gasteiger partial charge in [0.1, 0.15) is 16.5 Å². The summed E-state index contributed by atoms with van der Waals surface area (Å²) in [6.45, 7) is 1.47. The Morgan fingerprint density at radius 3 is 2.07 bits per heavy atom. The van der Waals surface area contributed by atoms with Crippen LogP contribution in [0.25, 0.3) is 22.3 Å². The molecule has 28 heavy (non-hydrogen) atoms. The Morgan fingerprint density at radius 2 is 1.57 bits per heavy atom. The summed E-state index contributed by atoms with van der Waals surface area (Å²) in [5.74, 6) is -1.43. The number of aryl methyl sites for hydroxylation is 1. The lowest BCUT2D eigenvalue weighted by Crippen LogP contribution is -2.17. The van der Waals surface area contributed by atoms with Crippen molar-refractivity contribution in [2.24, 2.45) is 0 Å². The molecule has 1 N–H and O–H groups in total. The maximum absolute atomic E-state index is 14.1. The maximum atomic E-state index is 14.1. The number of hydrogen-bond donors (Lipinski definition) is 1. The molecule has 3 rings (SSSR count). The van der Waals surface area contributed by atoms with Crippen LogP contribution >= 0.6 is 11.3 Å². The third-order valence-corrected chi connectivity index (χ3v) is 5.52. The lowest BCUT2D eigenvalue weighted by Gasteiger charge is -2.13. The van der Waals surface area contributed by atoms with E-state index in [1.54, 1.807) is 10.8 Å². The van der Waals surface area contributed by atoms with Gasteiger partial charge in [-0.15, -0.1) is 13.2 Å². The molecule has 4 nitrogen and oxygen atoms in total. The Hall–Kier alpha value is -2.43. The standard InChI is InChI=1S/C18H12F4O4S2/c1-10-6-11(2-4-16(10)26-18(20,21)22)13-8-27-9-14(13)12-3-5-17(15(19)7-12)28(23,24)25/h2-9H,1H3,(H,23,24,25). The number of ether oxygens (including phenoxy) is 1. The summed E-state index contributed by atoms with van der Waals surface area (Å²) in [7, 11) is -4.68. The first-order valence-electron chi connectivity index (χ1n) is 7.66. The van der Waals surface area contributed by atoms with Crippen LogP contribution in [0.2, 0.25) is 0 Å². The van der Waals surface area contributed by atoms with E-state index in [1.165, 1.54) is 42.5 Å². The third kappa shape index (κ3) is 4.34. The van der Waals surface area contributed by atoms with Crippen molar-refractivity contribution in [3.05, 3.63) is 58.5 Å². The zero-order valence-corrected chi connectivity index (χ0v) is 15.8. The molecule has 1 heterocycles. The summed E-state index contributed by atoms with van der Waals surface area (Å²) in [6.07, 6.45) is -4.80. The Labute approximate surface area is 161 Å². The lowest BCUT2D eigenvalue weighted by molar-refractivity contribution is -0.274. The highest BCUT2D eigenvalue weighted by Gasteiger charge is 2.31. The van der Waals surface area contributed by atoms with E-state index in [0.29, 0.717) is 22.3 Å². The minimum atomic E-state index is -4.80. The van der Waals surface area contributed by atoms with Gasteiger partial charge in [-0.3, -0.25) is 4.55 Å². The summed E-state index contributed by atoms with van der Waals surface area (Å²) in [5.41, 5.74) is 2.40.